The maximum absolute atomic E-state index is 14.0. The zero-order valence-electron chi connectivity index (χ0n) is 14.5. The van der Waals surface area contributed by atoms with Crippen LogP contribution in [0.3, 0.4) is 0 Å². The summed E-state index contributed by atoms with van der Waals surface area (Å²) < 4.78 is 27.4. The molecule has 0 amide bonds. The SMILES string of the molecule is CC[C@@H](C)Nc1nc(Nc2cccc(F)c2F)cc(-c2ccccn2)n1. The van der Waals surface area contributed by atoms with Gasteiger partial charge in [-0.3, -0.25) is 4.98 Å². The zero-order chi connectivity index (χ0) is 18.5. The normalized spacial score (nSPS) is 11.8. The predicted octanol–water partition coefficient (Wildman–Crippen LogP) is 4.77. The minimum absolute atomic E-state index is 0.00478. The van der Waals surface area contributed by atoms with E-state index in [1.807, 2.05) is 32.0 Å². The molecule has 0 saturated heterocycles. The van der Waals surface area contributed by atoms with Crippen molar-refractivity contribution in [1.82, 2.24) is 15.0 Å². The highest BCUT2D eigenvalue weighted by molar-refractivity contribution is 5.65. The van der Waals surface area contributed by atoms with Crippen molar-refractivity contribution in [2.24, 2.45) is 0 Å². The number of nitrogens with zero attached hydrogens (tertiary/aromatic N) is 3. The third-order valence-electron chi connectivity index (χ3n) is 3.86. The molecule has 0 spiro atoms. The molecule has 0 saturated carbocycles. The molecule has 0 aliphatic heterocycles. The van der Waals surface area contributed by atoms with Crippen LogP contribution in [0.4, 0.5) is 26.2 Å². The van der Waals surface area contributed by atoms with E-state index in [0.717, 1.165) is 12.5 Å². The van der Waals surface area contributed by atoms with Gasteiger partial charge in [0.1, 0.15) is 5.82 Å². The highest BCUT2D eigenvalue weighted by atomic mass is 19.2. The van der Waals surface area contributed by atoms with Crippen LogP contribution >= 0.6 is 0 Å². The Labute approximate surface area is 150 Å². The molecule has 0 aliphatic rings. The number of nitrogens with one attached hydrogen (secondary N) is 2. The number of hydrogen-bond donors (Lipinski definition) is 2. The highest BCUT2D eigenvalue weighted by Gasteiger charge is 2.12. The quantitative estimate of drug-likeness (QED) is 0.667. The fourth-order valence-electron chi connectivity index (χ4n) is 2.28. The third-order valence-corrected chi connectivity index (χ3v) is 3.86. The summed E-state index contributed by atoms with van der Waals surface area (Å²) in [5.41, 5.74) is 1.24. The van der Waals surface area contributed by atoms with Gasteiger partial charge in [0, 0.05) is 18.3 Å². The van der Waals surface area contributed by atoms with Gasteiger partial charge in [0.15, 0.2) is 11.6 Å². The standard InChI is InChI=1S/C19H19F2N5/c1-3-12(2)23-19-25-16(14-8-4-5-10-22-14)11-17(26-19)24-15-9-6-7-13(20)18(15)21/h4-12H,3H2,1-2H3,(H2,23,24,25,26)/t12-/m1/s1. The van der Waals surface area contributed by atoms with E-state index in [-0.39, 0.29) is 11.7 Å². The summed E-state index contributed by atoms with van der Waals surface area (Å²) in [5.74, 6) is -1.15. The molecule has 0 bridgehead atoms. The second-order valence-corrected chi connectivity index (χ2v) is 5.86. The Morgan fingerprint density at radius 2 is 1.88 bits per heavy atom. The monoisotopic (exact) mass is 355 g/mol. The lowest BCUT2D eigenvalue weighted by Gasteiger charge is -2.14. The van der Waals surface area contributed by atoms with Crippen LogP contribution in [-0.2, 0) is 0 Å². The largest absolute Gasteiger partial charge is 0.352 e. The number of rotatable bonds is 6. The number of benzene rings is 1. The lowest BCUT2D eigenvalue weighted by Crippen LogP contribution is -2.16. The van der Waals surface area contributed by atoms with Crippen molar-refractivity contribution >= 4 is 17.5 Å². The van der Waals surface area contributed by atoms with Crippen LogP contribution in [0.5, 0.6) is 0 Å². The summed E-state index contributed by atoms with van der Waals surface area (Å²) in [4.78, 5) is 13.1. The molecule has 3 rings (SSSR count). The molecule has 1 aromatic carbocycles. The van der Waals surface area contributed by atoms with E-state index in [0.29, 0.717) is 23.2 Å². The van der Waals surface area contributed by atoms with Gasteiger partial charge >= 0.3 is 0 Å². The Morgan fingerprint density at radius 1 is 1.04 bits per heavy atom. The van der Waals surface area contributed by atoms with Gasteiger partial charge in [0.25, 0.3) is 0 Å². The third kappa shape index (κ3) is 4.11. The summed E-state index contributed by atoms with van der Waals surface area (Å²) in [6.07, 6.45) is 2.55. The van der Waals surface area contributed by atoms with E-state index in [1.165, 1.54) is 12.1 Å². The van der Waals surface area contributed by atoms with Crippen LogP contribution in [0.2, 0.25) is 0 Å². The maximum Gasteiger partial charge on any atom is 0.225 e. The second kappa shape index (κ2) is 7.86. The minimum atomic E-state index is -0.957. The van der Waals surface area contributed by atoms with Crippen molar-refractivity contribution in [3.8, 4) is 11.4 Å². The van der Waals surface area contributed by atoms with Gasteiger partial charge in [-0.2, -0.15) is 4.98 Å². The first kappa shape index (κ1) is 17.7. The van der Waals surface area contributed by atoms with Crippen LogP contribution in [-0.4, -0.2) is 21.0 Å². The maximum atomic E-state index is 14.0. The number of pyridine rings is 1. The van der Waals surface area contributed by atoms with Crippen LogP contribution in [0.1, 0.15) is 20.3 Å². The van der Waals surface area contributed by atoms with Gasteiger partial charge in [-0.05, 0) is 37.6 Å². The van der Waals surface area contributed by atoms with Gasteiger partial charge in [0.05, 0.1) is 17.1 Å². The molecule has 134 valence electrons. The van der Waals surface area contributed by atoms with E-state index in [1.54, 1.807) is 12.3 Å². The van der Waals surface area contributed by atoms with Crippen LogP contribution in [0.15, 0.2) is 48.7 Å². The molecule has 2 heterocycles. The molecule has 2 aromatic heterocycles. The van der Waals surface area contributed by atoms with E-state index < -0.39 is 11.6 Å². The molecular formula is C19H19F2N5. The Bertz CT molecular complexity index is 886. The topological polar surface area (TPSA) is 62.7 Å². The van der Waals surface area contributed by atoms with E-state index in [2.05, 4.69) is 25.6 Å². The number of anilines is 3. The first-order valence-electron chi connectivity index (χ1n) is 8.35. The Kier molecular flexibility index (Phi) is 5.36. The predicted molar refractivity (Wildman–Crippen MR) is 98.3 cm³/mol. The van der Waals surface area contributed by atoms with Crippen molar-refractivity contribution in [2.45, 2.75) is 26.3 Å². The molecule has 3 aromatic rings. The van der Waals surface area contributed by atoms with Crippen molar-refractivity contribution in [3.05, 3.63) is 60.3 Å². The molecular weight excluding hydrogens is 336 g/mol. The summed E-state index contributed by atoms with van der Waals surface area (Å²) in [6, 6.07) is 11.2. The second-order valence-electron chi connectivity index (χ2n) is 5.86. The van der Waals surface area contributed by atoms with E-state index in [4.69, 9.17) is 0 Å². The van der Waals surface area contributed by atoms with Crippen molar-refractivity contribution in [3.63, 3.8) is 0 Å². The number of aromatic nitrogens is 3. The van der Waals surface area contributed by atoms with Crippen LogP contribution in [0.25, 0.3) is 11.4 Å². The van der Waals surface area contributed by atoms with Crippen LogP contribution in [0, 0.1) is 11.6 Å². The van der Waals surface area contributed by atoms with Crippen molar-refractivity contribution in [2.75, 3.05) is 10.6 Å². The minimum Gasteiger partial charge on any atom is -0.352 e. The molecule has 2 N–H and O–H groups in total. The molecule has 0 unspecified atom stereocenters. The zero-order valence-corrected chi connectivity index (χ0v) is 14.5. The van der Waals surface area contributed by atoms with Gasteiger partial charge in [-0.15, -0.1) is 0 Å². The van der Waals surface area contributed by atoms with E-state index in [9.17, 15) is 8.78 Å². The molecule has 1 atom stereocenters. The van der Waals surface area contributed by atoms with Crippen molar-refractivity contribution < 1.29 is 8.78 Å². The number of halogens is 2. The summed E-state index contributed by atoms with van der Waals surface area (Å²) in [6.45, 7) is 4.05. The molecule has 0 radical (unpaired) electrons. The molecule has 26 heavy (non-hydrogen) atoms. The average molecular weight is 355 g/mol. The lowest BCUT2D eigenvalue weighted by atomic mass is 10.2. The Balaban J connectivity index is 2.00. The Morgan fingerprint density at radius 3 is 2.62 bits per heavy atom. The van der Waals surface area contributed by atoms with Gasteiger partial charge < -0.3 is 10.6 Å². The van der Waals surface area contributed by atoms with Gasteiger partial charge in [0.2, 0.25) is 5.95 Å². The first-order chi connectivity index (χ1) is 12.6. The molecule has 5 nitrogen and oxygen atoms in total. The summed E-state index contributed by atoms with van der Waals surface area (Å²) >= 11 is 0. The Hall–Kier alpha value is -3.09. The summed E-state index contributed by atoms with van der Waals surface area (Å²) in [5, 5.41) is 6.02. The first-order valence-corrected chi connectivity index (χ1v) is 8.35. The van der Waals surface area contributed by atoms with E-state index >= 15 is 0 Å². The fourth-order valence-corrected chi connectivity index (χ4v) is 2.28. The highest BCUT2D eigenvalue weighted by Crippen LogP contribution is 2.25. The van der Waals surface area contributed by atoms with Gasteiger partial charge in [-0.1, -0.05) is 19.1 Å². The smallest absolute Gasteiger partial charge is 0.225 e. The van der Waals surface area contributed by atoms with Gasteiger partial charge in [-0.25, -0.2) is 13.8 Å². The number of hydrogen-bond acceptors (Lipinski definition) is 5. The fraction of sp³-hybridized carbons (Fsp3) is 0.211. The molecule has 0 fully saturated rings. The molecule has 7 heteroatoms. The summed E-state index contributed by atoms with van der Waals surface area (Å²) in [7, 11) is 0. The van der Waals surface area contributed by atoms with Crippen molar-refractivity contribution in [1.29, 1.82) is 0 Å². The lowest BCUT2D eigenvalue weighted by molar-refractivity contribution is 0.511. The average Bonchev–Trinajstić information content (AvgIpc) is 2.66. The molecule has 0 aliphatic carbocycles. The van der Waals surface area contributed by atoms with Crippen LogP contribution < -0.4 is 10.6 Å².